The largest absolute Gasteiger partial charge is 0.413 e. The Kier molecular flexibility index (Phi) is 3.35. The molecule has 15 heavy (non-hydrogen) atoms. The maximum absolute atomic E-state index is 11.7. The quantitative estimate of drug-likeness (QED) is 0.758. The van der Waals surface area contributed by atoms with E-state index in [1.165, 1.54) is 12.1 Å². The summed E-state index contributed by atoms with van der Waals surface area (Å²) >= 11 is 0. The summed E-state index contributed by atoms with van der Waals surface area (Å²) in [6.07, 6.45) is -4.66. The van der Waals surface area contributed by atoms with Crippen molar-refractivity contribution in [1.82, 2.24) is 0 Å². The fourth-order valence-corrected chi connectivity index (χ4v) is 1.71. The maximum atomic E-state index is 11.7. The highest BCUT2D eigenvalue weighted by atomic mass is 32.2. The number of hydrogen-bond acceptors (Lipinski definition) is 3. The smallest absolute Gasteiger partial charge is 0.257 e. The molecule has 0 aliphatic carbocycles. The van der Waals surface area contributed by atoms with Gasteiger partial charge in [0.1, 0.15) is 0 Å². The predicted octanol–water partition coefficient (Wildman–Crippen LogP) is 1.95. The molecule has 0 fully saturated rings. The minimum atomic E-state index is -4.66. The van der Waals surface area contributed by atoms with E-state index in [4.69, 9.17) is 0 Å². The molecular weight excluding hydrogens is 233 g/mol. The van der Waals surface area contributed by atoms with Crippen molar-refractivity contribution in [2.45, 2.75) is 11.1 Å². The summed E-state index contributed by atoms with van der Waals surface area (Å²) in [7, 11) is -4.31. The molecule has 0 heterocycles. The zero-order valence-corrected chi connectivity index (χ0v) is 8.18. The maximum Gasteiger partial charge on any atom is 0.413 e. The van der Waals surface area contributed by atoms with E-state index in [2.05, 4.69) is 4.18 Å². The van der Waals surface area contributed by atoms with Gasteiger partial charge in [-0.1, -0.05) is 18.2 Å². The third kappa shape index (κ3) is 3.88. The van der Waals surface area contributed by atoms with Crippen molar-refractivity contribution in [2.24, 2.45) is 0 Å². The first-order valence-electron chi connectivity index (χ1n) is 3.82. The van der Waals surface area contributed by atoms with Gasteiger partial charge in [-0.05, 0) is 12.1 Å². The fourth-order valence-electron chi connectivity index (χ4n) is 0.800. The van der Waals surface area contributed by atoms with Crippen molar-refractivity contribution in [1.29, 1.82) is 0 Å². The van der Waals surface area contributed by atoms with Gasteiger partial charge in [-0.15, -0.1) is 0 Å². The number of hydrogen-bond donors (Lipinski definition) is 0. The Hall–Kier alpha value is -1.08. The molecule has 1 aromatic carbocycles. The molecule has 0 spiro atoms. The van der Waals surface area contributed by atoms with Gasteiger partial charge < -0.3 is 0 Å². The molecule has 0 bridgehead atoms. The molecular formula is C8H7F3O3S. The normalized spacial score (nSPS) is 12.7. The van der Waals surface area contributed by atoms with Crippen LogP contribution in [0.1, 0.15) is 0 Å². The van der Waals surface area contributed by atoms with Crippen LogP contribution in [0.5, 0.6) is 0 Å². The van der Waals surface area contributed by atoms with Crippen molar-refractivity contribution >= 4 is 10.1 Å². The van der Waals surface area contributed by atoms with Crippen molar-refractivity contribution in [2.75, 3.05) is 6.61 Å². The van der Waals surface area contributed by atoms with Gasteiger partial charge in [-0.2, -0.15) is 21.6 Å². The Bertz CT molecular complexity index is 411. The van der Waals surface area contributed by atoms with E-state index in [9.17, 15) is 21.6 Å². The third-order valence-corrected chi connectivity index (χ3v) is 2.69. The second-order valence-electron chi connectivity index (χ2n) is 2.64. The lowest BCUT2D eigenvalue weighted by atomic mass is 10.4. The average molecular weight is 240 g/mol. The Morgan fingerprint density at radius 3 is 2.13 bits per heavy atom. The summed E-state index contributed by atoms with van der Waals surface area (Å²) in [5.41, 5.74) is 0. The van der Waals surface area contributed by atoms with Crippen molar-refractivity contribution in [3.8, 4) is 0 Å². The van der Waals surface area contributed by atoms with Crippen molar-refractivity contribution < 1.29 is 25.8 Å². The lowest BCUT2D eigenvalue weighted by Gasteiger charge is -2.07. The molecule has 0 radical (unpaired) electrons. The van der Waals surface area contributed by atoms with Crippen LogP contribution in [-0.2, 0) is 14.3 Å². The number of benzene rings is 1. The topological polar surface area (TPSA) is 43.4 Å². The standard InChI is InChI=1S/C8H7F3O3S/c9-8(10,11)6-14-15(12,13)7-4-2-1-3-5-7/h1-5H,6H2. The van der Waals surface area contributed by atoms with Crippen LogP contribution in [-0.4, -0.2) is 21.2 Å². The summed E-state index contributed by atoms with van der Waals surface area (Å²) < 4.78 is 61.3. The van der Waals surface area contributed by atoms with Gasteiger partial charge >= 0.3 is 6.18 Å². The molecule has 0 aromatic heterocycles. The average Bonchev–Trinajstić information content (AvgIpc) is 2.16. The van der Waals surface area contributed by atoms with E-state index in [1.807, 2.05) is 0 Å². The lowest BCUT2D eigenvalue weighted by molar-refractivity contribution is -0.152. The highest BCUT2D eigenvalue weighted by Crippen LogP contribution is 2.19. The van der Waals surface area contributed by atoms with Gasteiger partial charge in [0.25, 0.3) is 10.1 Å². The van der Waals surface area contributed by atoms with Gasteiger partial charge in [0.15, 0.2) is 6.61 Å². The van der Waals surface area contributed by atoms with Crippen LogP contribution >= 0.6 is 0 Å². The molecule has 0 N–H and O–H groups in total. The Morgan fingerprint density at radius 2 is 1.67 bits per heavy atom. The van der Waals surface area contributed by atoms with Gasteiger partial charge in [-0.25, -0.2) is 0 Å². The van der Waals surface area contributed by atoms with Crippen LogP contribution in [0.2, 0.25) is 0 Å². The van der Waals surface area contributed by atoms with Crippen LogP contribution in [0, 0.1) is 0 Å². The van der Waals surface area contributed by atoms with Gasteiger partial charge in [0, 0.05) is 0 Å². The molecule has 0 atom stereocenters. The second-order valence-corrected chi connectivity index (χ2v) is 4.26. The molecule has 0 amide bonds. The van der Waals surface area contributed by atoms with Gasteiger partial charge in [-0.3, -0.25) is 4.18 Å². The summed E-state index contributed by atoms with van der Waals surface area (Å²) in [5, 5.41) is 0. The molecule has 84 valence electrons. The van der Waals surface area contributed by atoms with Crippen LogP contribution in [0.4, 0.5) is 13.2 Å². The van der Waals surface area contributed by atoms with E-state index < -0.39 is 22.9 Å². The molecule has 7 heteroatoms. The first-order valence-corrected chi connectivity index (χ1v) is 5.23. The molecule has 0 aliphatic rings. The minimum absolute atomic E-state index is 0.297. The minimum Gasteiger partial charge on any atom is -0.257 e. The van der Waals surface area contributed by atoms with Crippen LogP contribution in [0.25, 0.3) is 0 Å². The first-order chi connectivity index (χ1) is 6.81. The summed E-state index contributed by atoms with van der Waals surface area (Å²) in [5.74, 6) is 0. The molecule has 0 saturated heterocycles. The van der Waals surface area contributed by atoms with Crippen molar-refractivity contribution in [3.63, 3.8) is 0 Å². The zero-order valence-electron chi connectivity index (χ0n) is 7.36. The molecule has 3 nitrogen and oxygen atoms in total. The van der Waals surface area contributed by atoms with Crippen LogP contribution in [0.15, 0.2) is 35.2 Å². The number of alkyl halides is 3. The van der Waals surface area contributed by atoms with Crippen LogP contribution in [0.3, 0.4) is 0 Å². The predicted molar refractivity (Wildman–Crippen MR) is 45.6 cm³/mol. The molecule has 1 rings (SSSR count). The van der Waals surface area contributed by atoms with Crippen molar-refractivity contribution in [3.05, 3.63) is 30.3 Å². The lowest BCUT2D eigenvalue weighted by Crippen LogP contribution is -2.20. The summed E-state index contributed by atoms with van der Waals surface area (Å²) in [4.78, 5) is -0.297. The third-order valence-electron chi connectivity index (χ3n) is 1.41. The van der Waals surface area contributed by atoms with E-state index in [0.717, 1.165) is 12.1 Å². The first kappa shape index (κ1) is 12.0. The second kappa shape index (κ2) is 4.19. The van der Waals surface area contributed by atoms with E-state index >= 15 is 0 Å². The highest BCUT2D eigenvalue weighted by molar-refractivity contribution is 7.86. The molecule has 0 saturated carbocycles. The molecule has 0 aliphatic heterocycles. The Balaban J connectivity index is 2.78. The van der Waals surface area contributed by atoms with Gasteiger partial charge in [0.05, 0.1) is 4.90 Å². The summed E-state index contributed by atoms with van der Waals surface area (Å²) in [6, 6.07) is 6.65. The summed E-state index contributed by atoms with van der Waals surface area (Å²) in [6.45, 7) is -1.82. The van der Waals surface area contributed by atoms with Crippen LogP contribution < -0.4 is 0 Å². The monoisotopic (exact) mass is 240 g/mol. The SMILES string of the molecule is O=S(=O)(OCC(F)(F)F)c1ccccc1. The number of halogens is 3. The Labute approximate surface area is 84.6 Å². The number of rotatable bonds is 3. The van der Waals surface area contributed by atoms with Gasteiger partial charge in [0.2, 0.25) is 0 Å². The van der Waals surface area contributed by atoms with E-state index in [0.29, 0.717) is 0 Å². The molecule has 0 unspecified atom stereocenters. The Morgan fingerprint density at radius 1 is 1.13 bits per heavy atom. The van der Waals surface area contributed by atoms with E-state index in [1.54, 1.807) is 6.07 Å². The highest BCUT2D eigenvalue weighted by Gasteiger charge is 2.31. The van der Waals surface area contributed by atoms with E-state index in [-0.39, 0.29) is 4.90 Å². The zero-order chi connectivity index (χ0) is 11.5. The fraction of sp³-hybridized carbons (Fsp3) is 0.250. The molecule has 1 aromatic rings.